The van der Waals surface area contributed by atoms with Crippen molar-refractivity contribution in [2.45, 2.75) is 13.8 Å². The van der Waals surface area contributed by atoms with Crippen LogP contribution in [0.2, 0.25) is 0 Å². The molecule has 1 N–H and O–H groups in total. The highest BCUT2D eigenvalue weighted by molar-refractivity contribution is 6.06. The second-order valence-electron chi connectivity index (χ2n) is 7.27. The third kappa shape index (κ3) is 6.97. The molecule has 0 spiro atoms. The van der Waals surface area contributed by atoms with Crippen LogP contribution in [0.15, 0.2) is 72.8 Å². The van der Waals surface area contributed by atoms with E-state index in [0.717, 1.165) is 11.1 Å². The Morgan fingerprint density at radius 3 is 2.30 bits per heavy atom. The van der Waals surface area contributed by atoms with Crippen LogP contribution >= 0.6 is 0 Å². The first-order valence-electron chi connectivity index (χ1n) is 10.6. The zero-order valence-corrected chi connectivity index (χ0v) is 19.0. The van der Waals surface area contributed by atoms with Gasteiger partial charge in [-0.25, -0.2) is 0 Å². The quantitative estimate of drug-likeness (QED) is 0.338. The highest BCUT2D eigenvalue weighted by Gasteiger charge is 2.10. The monoisotopic (exact) mass is 445 g/mol. The molecule has 0 heterocycles. The summed E-state index contributed by atoms with van der Waals surface area (Å²) in [6, 6.07) is 19.8. The number of benzene rings is 3. The van der Waals surface area contributed by atoms with Crippen molar-refractivity contribution >= 4 is 23.5 Å². The van der Waals surface area contributed by atoms with E-state index in [2.05, 4.69) is 5.32 Å². The maximum atomic E-state index is 12.4. The van der Waals surface area contributed by atoms with Crippen LogP contribution in [0, 0.1) is 6.92 Å². The maximum Gasteiger partial charge on any atom is 0.262 e. The Kier molecular flexibility index (Phi) is 8.24. The summed E-state index contributed by atoms with van der Waals surface area (Å²) in [7, 11) is 1.58. The standard InChI is InChI=1S/C27H27NO5/c1-4-32-26-17-20(7-15-24(29)21-9-13-23(31-3)14-10-21)8-16-25(26)33-18-27(30)28-22-11-5-19(2)6-12-22/h5-17H,4,18H2,1-3H3,(H,28,30)/b15-7+. The van der Waals surface area contributed by atoms with Gasteiger partial charge < -0.3 is 19.5 Å². The maximum absolute atomic E-state index is 12.4. The summed E-state index contributed by atoms with van der Waals surface area (Å²) >= 11 is 0. The van der Waals surface area contributed by atoms with Crippen LogP contribution in [0.1, 0.15) is 28.4 Å². The van der Waals surface area contributed by atoms with E-state index in [1.807, 2.05) is 38.1 Å². The van der Waals surface area contributed by atoms with Gasteiger partial charge in [0.2, 0.25) is 0 Å². The van der Waals surface area contributed by atoms with Crippen LogP contribution in [-0.2, 0) is 4.79 Å². The molecule has 0 unspecified atom stereocenters. The molecule has 0 saturated carbocycles. The third-order valence-electron chi connectivity index (χ3n) is 4.76. The van der Waals surface area contributed by atoms with Gasteiger partial charge in [0.1, 0.15) is 5.75 Å². The van der Waals surface area contributed by atoms with E-state index in [1.54, 1.807) is 55.7 Å². The molecule has 33 heavy (non-hydrogen) atoms. The smallest absolute Gasteiger partial charge is 0.262 e. The van der Waals surface area contributed by atoms with E-state index in [-0.39, 0.29) is 18.3 Å². The summed E-state index contributed by atoms with van der Waals surface area (Å²) in [6.07, 6.45) is 3.21. The Balaban J connectivity index is 1.63. The molecule has 0 aliphatic carbocycles. The number of carbonyl (C=O) groups excluding carboxylic acids is 2. The van der Waals surface area contributed by atoms with E-state index < -0.39 is 0 Å². The lowest BCUT2D eigenvalue weighted by molar-refractivity contribution is -0.118. The highest BCUT2D eigenvalue weighted by atomic mass is 16.5. The number of hydrogen-bond acceptors (Lipinski definition) is 5. The van der Waals surface area contributed by atoms with E-state index in [1.165, 1.54) is 6.08 Å². The summed E-state index contributed by atoms with van der Waals surface area (Å²) in [5.74, 6) is 1.26. The van der Waals surface area contributed by atoms with Crippen molar-refractivity contribution in [2.75, 3.05) is 25.6 Å². The molecule has 3 aromatic rings. The fourth-order valence-corrected chi connectivity index (χ4v) is 3.02. The molecule has 0 aliphatic heterocycles. The first kappa shape index (κ1) is 23.6. The number of anilines is 1. The Labute approximate surface area is 193 Å². The minimum absolute atomic E-state index is 0.122. The second-order valence-corrected chi connectivity index (χ2v) is 7.27. The summed E-state index contributed by atoms with van der Waals surface area (Å²) in [5, 5.41) is 2.80. The average Bonchev–Trinajstić information content (AvgIpc) is 2.83. The molecule has 0 aliphatic rings. The molecule has 170 valence electrons. The lowest BCUT2D eigenvalue weighted by atomic mass is 10.1. The number of allylic oxidation sites excluding steroid dienone is 1. The normalized spacial score (nSPS) is 10.6. The van der Waals surface area contributed by atoms with Gasteiger partial charge in [0.15, 0.2) is 23.9 Å². The van der Waals surface area contributed by atoms with Crippen LogP contribution in [0.3, 0.4) is 0 Å². The number of ketones is 1. The molecule has 0 atom stereocenters. The molecule has 3 aromatic carbocycles. The van der Waals surface area contributed by atoms with Gasteiger partial charge in [0.05, 0.1) is 13.7 Å². The number of carbonyl (C=O) groups is 2. The predicted octanol–water partition coefficient (Wildman–Crippen LogP) is 5.32. The van der Waals surface area contributed by atoms with Gasteiger partial charge in [0.25, 0.3) is 5.91 Å². The topological polar surface area (TPSA) is 73.9 Å². The summed E-state index contributed by atoms with van der Waals surface area (Å²) < 4.78 is 16.5. The SMILES string of the molecule is CCOc1cc(/C=C/C(=O)c2ccc(OC)cc2)ccc1OCC(=O)Nc1ccc(C)cc1. The average molecular weight is 446 g/mol. The lowest BCUT2D eigenvalue weighted by Gasteiger charge is -2.13. The van der Waals surface area contributed by atoms with Crippen molar-refractivity contribution in [1.29, 1.82) is 0 Å². The Bertz CT molecular complexity index is 1120. The Morgan fingerprint density at radius 2 is 1.64 bits per heavy atom. The first-order valence-corrected chi connectivity index (χ1v) is 10.6. The molecule has 0 fully saturated rings. The molecule has 0 aromatic heterocycles. The van der Waals surface area contributed by atoms with Gasteiger partial charge in [-0.3, -0.25) is 9.59 Å². The minimum Gasteiger partial charge on any atom is -0.497 e. The number of methoxy groups -OCH3 is 1. The molecule has 6 nitrogen and oxygen atoms in total. The van der Waals surface area contributed by atoms with E-state index >= 15 is 0 Å². The zero-order chi connectivity index (χ0) is 23.6. The molecule has 3 rings (SSSR count). The molecule has 0 radical (unpaired) electrons. The van der Waals surface area contributed by atoms with Crippen molar-refractivity contribution in [1.82, 2.24) is 0 Å². The van der Waals surface area contributed by atoms with Gasteiger partial charge in [-0.15, -0.1) is 0 Å². The van der Waals surface area contributed by atoms with Crippen molar-refractivity contribution in [3.05, 3.63) is 89.5 Å². The molecule has 0 saturated heterocycles. The van der Waals surface area contributed by atoms with Gasteiger partial charge in [0, 0.05) is 11.3 Å². The van der Waals surface area contributed by atoms with Crippen LogP contribution < -0.4 is 19.5 Å². The second kappa shape index (κ2) is 11.5. The largest absolute Gasteiger partial charge is 0.497 e. The van der Waals surface area contributed by atoms with E-state index in [4.69, 9.17) is 14.2 Å². The van der Waals surface area contributed by atoms with Crippen LogP contribution in [-0.4, -0.2) is 32.0 Å². The van der Waals surface area contributed by atoms with Crippen LogP contribution in [0.4, 0.5) is 5.69 Å². The number of rotatable bonds is 10. The van der Waals surface area contributed by atoms with E-state index in [9.17, 15) is 9.59 Å². The molecule has 0 bridgehead atoms. The van der Waals surface area contributed by atoms with Gasteiger partial charge in [-0.05, 0) is 74.0 Å². The van der Waals surface area contributed by atoms with Crippen LogP contribution in [0.5, 0.6) is 17.2 Å². The number of aryl methyl sites for hydroxylation is 1. The molecule has 6 heteroatoms. The van der Waals surface area contributed by atoms with Gasteiger partial charge in [-0.2, -0.15) is 0 Å². The van der Waals surface area contributed by atoms with Gasteiger partial charge >= 0.3 is 0 Å². The fourth-order valence-electron chi connectivity index (χ4n) is 3.02. The molecule has 1 amide bonds. The Morgan fingerprint density at radius 1 is 0.909 bits per heavy atom. The Hall–Kier alpha value is -4.06. The molecular weight excluding hydrogens is 418 g/mol. The van der Waals surface area contributed by atoms with Gasteiger partial charge in [-0.1, -0.05) is 29.8 Å². The first-order chi connectivity index (χ1) is 16.0. The number of ether oxygens (including phenoxy) is 3. The minimum atomic E-state index is -0.268. The lowest BCUT2D eigenvalue weighted by Crippen LogP contribution is -2.20. The predicted molar refractivity (Wildman–Crippen MR) is 129 cm³/mol. The van der Waals surface area contributed by atoms with Crippen molar-refractivity contribution in [3.63, 3.8) is 0 Å². The third-order valence-corrected chi connectivity index (χ3v) is 4.76. The molecular formula is C27H27NO5. The van der Waals surface area contributed by atoms with Crippen LogP contribution in [0.25, 0.3) is 6.08 Å². The summed E-state index contributed by atoms with van der Waals surface area (Å²) in [5.41, 5.74) is 3.17. The van der Waals surface area contributed by atoms with Crippen molar-refractivity contribution in [3.8, 4) is 17.2 Å². The number of amides is 1. The zero-order valence-electron chi connectivity index (χ0n) is 19.0. The summed E-state index contributed by atoms with van der Waals surface area (Å²) in [4.78, 5) is 24.6. The fraction of sp³-hybridized carbons (Fsp3) is 0.185. The van der Waals surface area contributed by atoms with E-state index in [0.29, 0.717) is 35.1 Å². The number of nitrogens with one attached hydrogen (secondary N) is 1. The number of hydrogen-bond donors (Lipinski definition) is 1. The summed E-state index contributed by atoms with van der Waals surface area (Å²) in [6.45, 7) is 4.13. The highest BCUT2D eigenvalue weighted by Crippen LogP contribution is 2.29. The van der Waals surface area contributed by atoms with Crippen molar-refractivity contribution < 1.29 is 23.8 Å². The van der Waals surface area contributed by atoms with Crippen molar-refractivity contribution in [2.24, 2.45) is 0 Å².